The summed E-state index contributed by atoms with van der Waals surface area (Å²) in [7, 11) is 0. The van der Waals surface area contributed by atoms with Gasteiger partial charge in [0.25, 0.3) is 0 Å². The van der Waals surface area contributed by atoms with Gasteiger partial charge in [-0.05, 0) is 60.8 Å². The molecule has 0 radical (unpaired) electrons. The normalized spacial score (nSPS) is 12.7. The Bertz CT molecular complexity index is 1380. The predicted molar refractivity (Wildman–Crippen MR) is 149 cm³/mol. The van der Waals surface area contributed by atoms with Gasteiger partial charge in [-0.25, -0.2) is 4.98 Å². The van der Waals surface area contributed by atoms with Gasteiger partial charge in [0.1, 0.15) is 5.01 Å². The molecular weight excluding hydrogens is 510 g/mol. The van der Waals surface area contributed by atoms with E-state index in [1.165, 1.54) is 27.0 Å². The van der Waals surface area contributed by atoms with Crippen molar-refractivity contribution in [2.75, 3.05) is 18.4 Å². The van der Waals surface area contributed by atoms with Crippen LogP contribution in [0.3, 0.4) is 0 Å². The van der Waals surface area contributed by atoms with Crippen LogP contribution < -0.4 is 10.6 Å². The van der Waals surface area contributed by atoms with E-state index in [1.54, 1.807) is 11.3 Å². The number of benzene rings is 3. The summed E-state index contributed by atoms with van der Waals surface area (Å²) in [6.07, 6.45) is 1.47. The number of nitrogens with zero attached hydrogens (tertiary/aromatic N) is 1. The van der Waals surface area contributed by atoms with Crippen molar-refractivity contribution < 1.29 is 19.8 Å². The Morgan fingerprint density at radius 3 is 2.43 bits per heavy atom. The molecule has 0 aliphatic carbocycles. The van der Waals surface area contributed by atoms with Gasteiger partial charge in [-0.2, -0.15) is 0 Å². The Morgan fingerprint density at radius 2 is 1.70 bits per heavy atom. The molecule has 0 atom stereocenters. The molecule has 9 heteroatoms. The number of anilines is 1. The van der Waals surface area contributed by atoms with Crippen LogP contribution in [0, 0.1) is 0 Å². The number of hydrogen-bond acceptors (Lipinski definition) is 6. The molecule has 0 bridgehead atoms. The largest absolute Gasteiger partial charge is 0.481 e. The molecule has 5 rings (SSSR count). The van der Waals surface area contributed by atoms with Gasteiger partial charge in [-0.1, -0.05) is 54.1 Å². The quantitative estimate of drug-likeness (QED) is 0.234. The monoisotopic (exact) mass is 537 g/mol. The lowest BCUT2D eigenvalue weighted by Gasteiger charge is -2.16. The summed E-state index contributed by atoms with van der Waals surface area (Å²) >= 11 is 8.30. The van der Waals surface area contributed by atoms with Crippen molar-refractivity contribution in [3.63, 3.8) is 0 Å². The standard InChI is InChI=1S/C24H22ClN3S.C4H6O4/c25-20-8-7-17-10-12-26-13-11-19(17)23(20)27-15-16-6-9-21-22(14-16)29-24(28-21)18-4-2-1-3-5-18;5-3(6)1-2-4(7)8/h1-9,14,26-27H,10-13,15H2;1-2H2,(H,5,6)(H,7,8). The van der Waals surface area contributed by atoms with E-state index in [-0.39, 0.29) is 12.8 Å². The molecule has 0 unspecified atom stereocenters. The smallest absolute Gasteiger partial charge is 0.303 e. The molecule has 7 nitrogen and oxygen atoms in total. The number of hydrogen-bond donors (Lipinski definition) is 4. The fraction of sp³-hybridized carbons (Fsp3) is 0.250. The van der Waals surface area contributed by atoms with Gasteiger partial charge in [0, 0.05) is 12.1 Å². The lowest BCUT2D eigenvalue weighted by atomic mass is 10.0. The van der Waals surface area contributed by atoms with E-state index in [0.29, 0.717) is 0 Å². The van der Waals surface area contributed by atoms with E-state index >= 15 is 0 Å². The highest BCUT2D eigenvalue weighted by Crippen LogP contribution is 2.33. The van der Waals surface area contributed by atoms with Gasteiger partial charge in [0.2, 0.25) is 0 Å². The molecule has 1 aliphatic rings. The topological polar surface area (TPSA) is 112 Å². The number of thiazole rings is 1. The zero-order chi connectivity index (χ0) is 26.2. The Morgan fingerprint density at radius 1 is 0.973 bits per heavy atom. The minimum absolute atomic E-state index is 0.296. The average Bonchev–Trinajstić information content (AvgIpc) is 3.17. The molecule has 0 saturated carbocycles. The van der Waals surface area contributed by atoms with E-state index in [2.05, 4.69) is 59.2 Å². The van der Waals surface area contributed by atoms with Crippen molar-refractivity contribution in [3.05, 3.63) is 82.4 Å². The van der Waals surface area contributed by atoms with Gasteiger partial charge >= 0.3 is 11.9 Å². The van der Waals surface area contributed by atoms with Crippen molar-refractivity contribution in [1.29, 1.82) is 0 Å². The maximum absolute atomic E-state index is 9.64. The highest BCUT2D eigenvalue weighted by atomic mass is 35.5. The molecule has 0 spiro atoms. The fourth-order valence-electron chi connectivity index (χ4n) is 4.12. The van der Waals surface area contributed by atoms with E-state index in [9.17, 15) is 9.59 Å². The van der Waals surface area contributed by atoms with Crippen LogP contribution in [-0.2, 0) is 29.0 Å². The van der Waals surface area contributed by atoms with Crippen molar-refractivity contribution in [2.24, 2.45) is 0 Å². The van der Waals surface area contributed by atoms with E-state index in [4.69, 9.17) is 26.8 Å². The van der Waals surface area contributed by atoms with E-state index in [0.717, 1.165) is 53.7 Å². The number of nitrogens with one attached hydrogen (secondary N) is 2. The van der Waals surface area contributed by atoms with Crippen molar-refractivity contribution in [2.45, 2.75) is 32.2 Å². The first-order valence-corrected chi connectivity index (χ1v) is 13.2. The summed E-state index contributed by atoms with van der Waals surface area (Å²) < 4.78 is 1.21. The second-order valence-corrected chi connectivity index (χ2v) is 10.1. The van der Waals surface area contributed by atoms with Gasteiger partial charge in [0.05, 0.1) is 33.8 Å². The van der Waals surface area contributed by atoms with Crippen LogP contribution in [-0.4, -0.2) is 40.2 Å². The molecular formula is C28H28ClN3O4S. The Kier molecular flexibility index (Phi) is 9.11. The summed E-state index contributed by atoms with van der Waals surface area (Å²) in [5, 5.41) is 24.8. The number of halogens is 1. The third kappa shape index (κ3) is 7.29. The molecule has 4 aromatic rings. The number of carbonyl (C=O) groups is 2. The van der Waals surface area contributed by atoms with Crippen LogP contribution >= 0.6 is 22.9 Å². The minimum Gasteiger partial charge on any atom is -0.481 e. The number of carboxylic acid groups (broad SMARTS) is 2. The number of aliphatic carboxylic acids is 2. The maximum Gasteiger partial charge on any atom is 0.303 e. The lowest BCUT2D eigenvalue weighted by Crippen LogP contribution is -2.16. The first kappa shape index (κ1) is 26.6. The molecule has 2 heterocycles. The van der Waals surface area contributed by atoms with Gasteiger partial charge in [-0.3, -0.25) is 9.59 Å². The summed E-state index contributed by atoms with van der Waals surface area (Å²) in [6.45, 7) is 2.77. The molecule has 1 aromatic heterocycles. The number of fused-ring (bicyclic) bond motifs is 2. The van der Waals surface area contributed by atoms with Gasteiger partial charge in [-0.15, -0.1) is 11.3 Å². The SMILES string of the molecule is Clc1ccc2c(c1NCc1ccc3nc(-c4ccccc4)sc3c1)CCNCC2.O=C(O)CCC(=O)O. The third-order valence-corrected chi connectivity index (χ3v) is 7.36. The summed E-state index contributed by atoms with van der Waals surface area (Å²) in [5.41, 5.74) is 7.29. The van der Waals surface area contributed by atoms with Crippen molar-refractivity contribution in [3.8, 4) is 10.6 Å². The average molecular weight is 538 g/mol. The summed E-state index contributed by atoms with van der Waals surface area (Å²) in [6, 6.07) is 21.1. The predicted octanol–water partition coefficient (Wildman–Crippen LogP) is 5.85. The molecule has 0 saturated heterocycles. The van der Waals surface area contributed by atoms with Crippen LogP contribution in [0.4, 0.5) is 5.69 Å². The van der Waals surface area contributed by atoms with Gasteiger partial charge < -0.3 is 20.8 Å². The van der Waals surface area contributed by atoms with Crippen LogP contribution in [0.15, 0.2) is 60.7 Å². The maximum atomic E-state index is 9.64. The highest BCUT2D eigenvalue weighted by molar-refractivity contribution is 7.21. The molecule has 4 N–H and O–H groups in total. The van der Waals surface area contributed by atoms with Crippen LogP contribution in [0.2, 0.25) is 5.02 Å². The minimum atomic E-state index is -1.08. The molecule has 192 valence electrons. The van der Waals surface area contributed by atoms with Gasteiger partial charge in [0.15, 0.2) is 0 Å². The van der Waals surface area contributed by atoms with Crippen molar-refractivity contribution in [1.82, 2.24) is 10.3 Å². The second kappa shape index (κ2) is 12.7. The molecule has 3 aromatic carbocycles. The van der Waals surface area contributed by atoms with E-state index in [1.807, 2.05) is 12.1 Å². The van der Waals surface area contributed by atoms with Crippen molar-refractivity contribution >= 4 is 50.8 Å². The molecule has 0 amide bonds. The van der Waals surface area contributed by atoms with Crippen LogP contribution in [0.25, 0.3) is 20.8 Å². The zero-order valence-electron chi connectivity index (χ0n) is 20.2. The number of aromatic nitrogens is 1. The Hall–Kier alpha value is -3.46. The van der Waals surface area contributed by atoms with Crippen LogP contribution in [0.5, 0.6) is 0 Å². The molecule has 0 fully saturated rings. The molecule has 37 heavy (non-hydrogen) atoms. The number of rotatable bonds is 7. The van der Waals surface area contributed by atoms with Crippen LogP contribution in [0.1, 0.15) is 29.5 Å². The molecule has 1 aliphatic heterocycles. The first-order valence-electron chi connectivity index (χ1n) is 12.0. The fourth-order valence-corrected chi connectivity index (χ4v) is 5.40. The highest BCUT2D eigenvalue weighted by Gasteiger charge is 2.15. The summed E-state index contributed by atoms with van der Waals surface area (Å²) in [4.78, 5) is 24.1. The third-order valence-electron chi connectivity index (χ3n) is 5.98. The first-order chi connectivity index (χ1) is 17.9. The lowest BCUT2D eigenvalue weighted by molar-refractivity contribution is -0.143. The number of carboxylic acids is 2. The second-order valence-electron chi connectivity index (χ2n) is 8.64. The zero-order valence-corrected chi connectivity index (χ0v) is 21.7. The Balaban J connectivity index is 0.000000349. The van der Waals surface area contributed by atoms with E-state index < -0.39 is 11.9 Å². The summed E-state index contributed by atoms with van der Waals surface area (Å²) in [5.74, 6) is -2.15. The Labute approximate surface area is 224 Å².